The van der Waals surface area contributed by atoms with Crippen molar-refractivity contribution in [3.05, 3.63) is 0 Å². The minimum absolute atomic E-state index is 0.622. The molecule has 0 spiro atoms. The van der Waals surface area contributed by atoms with Crippen molar-refractivity contribution in [1.29, 1.82) is 0 Å². The van der Waals surface area contributed by atoms with E-state index >= 15 is 0 Å². The van der Waals surface area contributed by atoms with Gasteiger partial charge in [0.05, 0.1) is 0 Å². The first kappa shape index (κ1) is 15.9. The van der Waals surface area contributed by atoms with E-state index in [2.05, 4.69) is 31.1 Å². The van der Waals surface area contributed by atoms with Crippen LogP contribution in [0.15, 0.2) is 0 Å². The van der Waals surface area contributed by atoms with Crippen LogP contribution in [0.5, 0.6) is 0 Å². The van der Waals surface area contributed by atoms with Crippen molar-refractivity contribution in [2.24, 2.45) is 0 Å². The lowest BCUT2D eigenvalue weighted by Gasteiger charge is -2.16. The molecule has 0 saturated heterocycles. The number of nitrogens with zero attached hydrogens (tertiary/aromatic N) is 1. The van der Waals surface area contributed by atoms with Gasteiger partial charge >= 0.3 is 0 Å². The zero-order chi connectivity index (χ0) is 12.2. The van der Waals surface area contributed by atoms with E-state index in [1.54, 1.807) is 7.11 Å². The second-order valence-electron chi connectivity index (χ2n) is 4.82. The van der Waals surface area contributed by atoms with Crippen LogP contribution in [-0.2, 0) is 4.74 Å². The monoisotopic (exact) mass is 230 g/mol. The highest BCUT2D eigenvalue weighted by molar-refractivity contribution is 4.55. The zero-order valence-electron chi connectivity index (χ0n) is 11.6. The molecule has 98 valence electrons. The summed E-state index contributed by atoms with van der Waals surface area (Å²) in [6.07, 6.45) is 5.07. The van der Waals surface area contributed by atoms with Crippen LogP contribution in [0.1, 0.15) is 39.5 Å². The topological polar surface area (TPSA) is 24.5 Å². The first-order valence-electron chi connectivity index (χ1n) is 6.57. The minimum Gasteiger partial charge on any atom is -0.385 e. The highest BCUT2D eigenvalue weighted by atomic mass is 16.5. The number of nitrogens with one attached hydrogen (secondary N) is 1. The molecule has 0 aliphatic rings. The first-order chi connectivity index (χ1) is 7.66. The van der Waals surface area contributed by atoms with E-state index in [-0.39, 0.29) is 0 Å². The Balaban J connectivity index is 3.12. The number of hydrogen-bond donors (Lipinski definition) is 1. The van der Waals surface area contributed by atoms with Crippen molar-refractivity contribution in [2.75, 3.05) is 40.4 Å². The van der Waals surface area contributed by atoms with Crippen LogP contribution in [0.25, 0.3) is 0 Å². The molecule has 3 heteroatoms. The number of hydrogen-bond acceptors (Lipinski definition) is 3. The fourth-order valence-electron chi connectivity index (χ4n) is 1.66. The summed E-state index contributed by atoms with van der Waals surface area (Å²) in [6, 6.07) is 0.622. The molecule has 0 rings (SSSR count). The molecule has 0 aliphatic carbocycles. The molecule has 0 aromatic rings. The van der Waals surface area contributed by atoms with E-state index in [1.165, 1.54) is 25.8 Å². The van der Waals surface area contributed by atoms with Gasteiger partial charge in [-0.15, -0.1) is 0 Å². The number of unbranched alkanes of at least 4 members (excludes halogenated alkanes) is 2. The van der Waals surface area contributed by atoms with E-state index in [0.29, 0.717) is 6.04 Å². The Morgan fingerprint density at radius 3 is 2.38 bits per heavy atom. The normalized spacial score (nSPS) is 11.6. The predicted octanol–water partition coefficient (Wildman–Crippen LogP) is 2.12. The summed E-state index contributed by atoms with van der Waals surface area (Å²) >= 11 is 0. The number of methoxy groups -OCH3 is 1. The average Bonchev–Trinajstić information content (AvgIpc) is 2.23. The molecule has 0 unspecified atom stereocenters. The Labute approximate surface area is 102 Å². The van der Waals surface area contributed by atoms with E-state index in [4.69, 9.17) is 4.74 Å². The van der Waals surface area contributed by atoms with Gasteiger partial charge in [0, 0.05) is 26.3 Å². The smallest absolute Gasteiger partial charge is 0.0474 e. The van der Waals surface area contributed by atoms with Gasteiger partial charge in [-0.05, 0) is 39.4 Å². The van der Waals surface area contributed by atoms with Crippen molar-refractivity contribution >= 4 is 0 Å². The third-order valence-electron chi connectivity index (χ3n) is 2.66. The molecule has 0 aromatic heterocycles. The van der Waals surface area contributed by atoms with Crippen LogP contribution in [-0.4, -0.2) is 51.3 Å². The van der Waals surface area contributed by atoms with Gasteiger partial charge in [0.1, 0.15) is 0 Å². The second kappa shape index (κ2) is 11.4. The Morgan fingerprint density at radius 1 is 1.06 bits per heavy atom. The van der Waals surface area contributed by atoms with Gasteiger partial charge in [-0.25, -0.2) is 0 Å². The largest absolute Gasteiger partial charge is 0.385 e. The molecule has 3 nitrogen and oxygen atoms in total. The van der Waals surface area contributed by atoms with Crippen LogP contribution >= 0.6 is 0 Å². The lowest BCUT2D eigenvalue weighted by molar-refractivity contribution is 0.179. The van der Waals surface area contributed by atoms with Gasteiger partial charge in [0.15, 0.2) is 0 Å². The lowest BCUT2D eigenvalue weighted by atomic mass is 10.2. The van der Waals surface area contributed by atoms with Crippen LogP contribution in [0, 0.1) is 0 Å². The quantitative estimate of drug-likeness (QED) is 0.550. The summed E-state index contributed by atoms with van der Waals surface area (Å²) in [5.41, 5.74) is 0. The summed E-state index contributed by atoms with van der Waals surface area (Å²) < 4.78 is 5.04. The van der Waals surface area contributed by atoms with Gasteiger partial charge in [0.2, 0.25) is 0 Å². The van der Waals surface area contributed by atoms with Crippen molar-refractivity contribution in [1.82, 2.24) is 10.2 Å². The number of rotatable bonds is 11. The highest BCUT2D eigenvalue weighted by Gasteiger charge is 1.98. The molecule has 0 atom stereocenters. The lowest BCUT2D eigenvalue weighted by Crippen LogP contribution is -2.24. The maximum atomic E-state index is 5.04. The van der Waals surface area contributed by atoms with Crippen LogP contribution < -0.4 is 5.32 Å². The van der Waals surface area contributed by atoms with Crippen molar-refractivity contribution in [3.8, 4) is 0 Å². The van der Waals surface area contributed by atoms with Gasteiger partial charge in [-0.3, -0.25) is 0 Å². The highest BCUT2D eigenvalue weighted by Crippen LogP contribution is 1.98. The summed E-state index contributed by atoms with van der Waals surface area (Å²) in [7, 11) is 3.96. The Morgan fingerprint density at radius 2 is 1.75 bits per heavy atom. The van der Waals surface area contributed by atoms with Gasteiger partial charge in [-0.1, -0.05) is 20.3 Å². The van der Waals surface area contributed by atoms with Crippen LogP contribution in [0.3, 0.4) is 0 Å². The Hall–Kier alpha value is -0.120. The fraction of sp³-hybridized carbons (Fsp3) is 1.00. The molecule has 0 aromatic carbocycles. The second-order valence-corrected chi connectivity index (χ2v) is 4.82. The molecule has 0 radical (unpaired) electrons. The zero-order valence-corrected chi connectivity index (χ0v) is 11.6. The molecule has 1 N–H and O–H groups in total. The Kier molecular flexibility index (Phi) is 11.3. The summed E-state index contributed by atoms with van der Waals surface area (Å²) in [6.45, 7) is 8.80. The summed E-state index contributed by atoms with van der Waals surface area (Å²) in [5.74, 6) is 0. The molecular formula is C13H30N2O. The maximum absolute atomic E-state index is 5.04. The van der Waals surface area contributed by atoms with E-state index < -0.39 is 0 Å². The molecule has 0 saturated carbocycles. The van der Waals surface area contributed by atoms with E-state index in [1.807, 2.05) is 0 Å². The molecule has 0 bridgehead atoms. The predicted molar refractivity (Wildman–Crippen MR) is 71.0 cm³/mol. The number of ether oxygens (including phenoxy) is 1. The molecule has 16 heavy (non-hydrogen) atoms. The van der Waals surface area contributed by atoms with Crippen molar-refractivity contribution in [3.63, 3.8) is 0 Å². The molecule has 0 aliphatic heterocycles. The van der Waals surface area contributed by atoms with Crippen LogP contribution in [0.2, 0.25) is 0 Å². The van der Waals surface area contributed by atoms with Gasteiger partial charge in [0.25, 0.3) is 0 Å². The summed E-state index contributed by atoms with van der Waals surface area (Å²) in [5, 5.41) is 3.45. The average molecular weight is 230 g/mol. The van der Waals surface area contributed by atoms with Crippen molar-refractivity contribution < 1.29 is 4.74 Å². The molecule has 0 amide bonds. The van der Waals surface area contributed by atoms with Gasteiger partial charge < -0.3 is 15.0 Å². The summed E-state index contributed by atoms with van der Waals surface area (Å²) in [4.78, 5) is 2.40. The maximum Gasteiger partial charge on any atom is 0.0474 e. The van der Waals surface area contributed by atoms with E-state index in [9.17, 15) is 0 Å². The molecule has 0 heterocycles. The van der Waals surface area contributed by atoms with Crippen LogP contribution in [0.4, 0.5) is 0 Å². The first-order valence-corrected chi connectivity index (χ1v) is 6.57. The molecular weight excluding hydrogens is 200 g/mol. The standard InChI is InChI=1S/C13H30N2O/c1-13(2)14-9-6-5-7-10-15(3)11-8-12-16-4/h13-14H,5-12H2,1-4H3. The minimum atomic E-state index is 0.622. The van der Waals surface area contributed by atoms with E-state index in [0.717, 1.165) is 26.1 Å². The third kappa shape index (κ3) is 12.0. The Bertz CT molecular complexity index is 140. The molecule has 0 fully saturated rings. The fourth-order valence-corrected chi connectivity index (χ4v) is 1.66. The van der Waals surface area contributed by atoms with Gasteiger partial charge in [-0.2, -0.15) is 0 Å². The third-order valence-corrected chi connectivity index (χ3v) is 2.66. The SMILES string of the molecule is COCCCN(C)CCCCCNC(C)C. The van der Waals surface area contributed by atoms with Crippen molar-refractivity contribution in [2.45, 2.75) is 45.6 Å².